The maximum absolute atomic E-state index is 10.7. The first-order valence-electron chi connectivity index (χ1n) is 7.73. The van der Waals surface area contributed by atoms with Crippen molar-refractivity contribution >= 4 is 22.9 Å². The molecule has 0 aliphatic carbocycles. The summed E-state index contributed by atoms with van der Waals surface area (Å²) < 4.78 is 5.96. The van der Waals surface area contributed by atoms with Crippen LogP contribution in [-0.4, -0.2) is 41.7 Å². The SMILES string of the molecule is C/C(=N/N=C(/C)c1nnn(-c2nonc2N)c1C)c1ccc([N+](=O)[O-])cc1. The molecule has 0 unspecified atom stereocenters. The fourth-order valence-electron chi connectivity index (χ4n) is 2.28. The first-order chi connectivity index (χ1) is 12.9. The quantitative estimate of drug-likeness (QED) is 0.403. The zero-order valence-electron chi connectivity index (χ0n) is 14.7. The molecule has 0 aliphatic rings. The molecular formula is C15H15N9O3. The predicted octanol–water partition coefficient (Wildman–Crippen LogP) is 1.68. The number of nitrogen functional groups attached to an aromatic ring is 1. The lowest BCUT2D eigenvalue weighted by atomic mass is 10.1. The zero-order chi connectivity index (χ0) is 19.6. The van der Waals surface area contributed by atoms with Crippen molar-refractivity contribution in [3.05, 3.63) is 51.3 Å². The maximum atomic E-state index is 10.7. The monoisotopic (exact) mass is 369 g/mol. The lowest BCUT2D eigenvalue weighted by molar-refractivity contribution is -0.384. The number of benzene rings is 1. The first-order valence-corrected chi connectivity index (χ1v) is 7.73. The molecule has 12 heteroatoms. The number of nitro benzene ring substituents is 1. The number of hydrogen-bond donors (Lipinski definition) is 1. The van der Waals surface area contributed by atoms with Crippen LogP contribution < -0.4 is 5.73 Å². The van der Waals surface area contributed by atoms with Crippen molar-refractivity contribution in [3.63, 3.8) is 0 Å². The number of aromatic nitrogens is 5. The van der Waals surface area contributed by atoms with Crippen LogP contribution >= 0.6 is 0 Å². The minimum atomic E-state index is -0.457. The van der Waals surface area contributed by atoms with E-state index in [1.165, 1.54) is 16.8 Å². The molecule has 27 heavy (non-hydrogen) atoms. The van der Waals surface area contributed by atoms with E-state index in [1.54, 1.807) is 32.9 Å². The molecule has 2 N–H and O–H groups in total. The summed E-state index contributed by atoms with van der Waals surface area (Å²) in [7, 11) is 0. The van der Waals surface area contributed by atoms with Crippen LogP contribution in [0.1, 0.15) is 30.8 Å². The minimum absolute atomic E-state index is 0.0140. The molecule has 0 atom stereocenters. The summed E-state index contributed by atoms with van der Waals surface area (Å²) in [5.41, 5.74) is 8.68. The highest BCUT2D eigenvalue weighted by Gasteiger charge is 2.17. The number of nitrogens with two attached hydrogens (primary N) is 1. The molecule has 0 fully saturated rings. The Morgan fingerprint density at radius 1 is 1.19 bits per heavy atom. The Morgan fingerprint density at radius 2 is 1.85 bits per heavy atom. The summed E-state index contributed by atoms with van der Waals surface area (Å²) in [5, 5.41) is 34.3. The molecule has 0 amide bonds. The zero-order valence-corrected chi connectivity index (χ0v) is 14.7. The summed E-state index contributed by atoms with van der Waals surface area (Å²) in [4.78, 5) is 10.3. The van der Waals surface area contributed by atoms with Crippen molar-refractivity contribution in [2.24, 2.45) is 10.2 Å². The number of rotatable bonds is 5. The molecule has 0 radical (unpaired) electrons. The molecule has 2 aromatic heterocycles. The van der Waals surface area contributed by atoms with E-state index in [-0.39, 0.29) is 17.3 Å². The summed E-state index contributed by atoms with van der Waals surface area (Å²) in [6.07, 6.45) is 0. The third-order valence-corrected chi connectivity index (χ3v) is 3.78. The molecule has 0 saturated carbocycles. The van der Waals surface area contributed by atoms with Crippen LogP contribution in [0.3, 0.4) is 0 Å². The van der Waals surface area contributed by atoms with Gasteiger partial charge in [-0.3, -0.25) is 10.1 Å². The molecule has 0 spiro atoms. The number of hydrogen-bond acceptors (Lipinski definition) is 10. The van der Waals surface area contributed by atoms with Gasteiger partial charge in [0.15, 0.2) is 0 Å². The second-order valence-electron chi connectivity index (χ2n) is 5.58. The topological polar surface area (TPSA) is 164 Å². The number of non-ortho nitro benzene ring substituents is 1. The van der Waals surface area contributed by atoms with Crippen LogP contribution in [0, 0.1) is 17.0 Å². The fourth-order valence-corrected chi connectivity index (χ4v) is 2.28. The van der Waals surface area contributed by atoms with Gasteiger partial charge in [0.05, 0.1) is 22.0 Å². The number of anilines is 1. The van der Waals surface area contributed by atoms with Gasteiger partial charge in [0.2, 0.25) is 11.6 Å². The average Bonchev–Trinajstić information content (AvgIpc) is 3.24. The summed E-state index contributed by atoms with van der Waals surface area (Å²) >= 11 is 0. The van der Waals surface area contributed by atoms with Gasteiger partial charge in [0.1, 0.15) is 5.69 Å². The van der Waals surface area contributed by atoms with Gasteiger partial charge in [0, 0.05) is 12.1 Å². The van der Waals surface area contributed by atoms with Crippen molar-refractivity contribution < 1.29 is 9.55 Å². The molecule has 3 rings (SSSR count). The standard InChI is InChI=1S/C15H15N9O3/c1-8(11-4-6-12(7-5-11)24(25)26)17-18-9(2)13-10(3)23(22-19-13)15-14(16)20-27-21-15/h4-7H,1-3H3,(H2,16,20)/b17-8-,18-9-. The Labute approximate surface area is 152 Å². The van der Waals surface area contributed by atoms with Gasteiger partial charge < -0.3 is 5.73 Å². The van der Waals surface area contributed by atoms with E-state index >= 15 is 0 Å². The van der Waals surface area contributed by atoms with Crippen molar-refractivity contribution in [1.82, 2.24) is 25.3 Å². The first kappa shape index (κ1) is 17.8. The molecule has 0 bridgehead atoms. The summed E-state index contributed by atoms with van der Waals surface area (Å²) in [6.45, 7) is 5.26. The van der Waals surface area contributed by atoms with Gasteiger partial charge in [-0.25, -0.2) is 4.63 Å². The van der Waals surface area contributed by atoms with Gasteiger partial charge >= 0.3 is 0 Å². The van der Waals surface area contributed by atoms with E-state index in [0.717, 1.165) is 5.56 Å². The van der Waals surface area contributed by atoms with Gasteiger partial charge in [-0.1, -0.05) is 5.21 Å². The molecule has 0 aliphatic heterocycles. The van der Waals surface area contributed by atoms with Gasteiger partial charge in [-0.15, -0.1) is 5.10 Å². The summed E-state index contributed by atoms with van der Waals surface area (Å²) in [5.74, 6) is 0.334. The molecule has 0 saturated heterocycles. The minimum Gasteiger partial charge on any atom is -0.378 e. The molecule has 3 aromatic rings. The normalized spacial score (nSPS) is 12.4. The Kier molecular flexibility index (Phi) is 4.70. The van der Waals surface area contributed by atoms with Crippen LogP contribution in [0.2, 0.25) is 0 Å². The van der Waals surface area contributed by atoms with E-state index in [9.17, 15) is 10.1 Å². The highest BCUT2D eigenvalue weighted by Crippen LogP contribution is 2.16. The van der Waals surface area contributed by atoms with E-state index in [4.69, 9.17) is 5.73 Å². The Morgan fingerprint density at radius 3 is 2.44 bits per heavy atom. The van der Waals surface area contributed by atoms with Crippen molar-refractivity contribution in [1.29, 1.82) is 0 Å². The lowest BCUT2D eigenvalue weighted by Gasteiger charge is -2.00. The maximum Gasteiger partial charge on any atom is 0.269 e. The Balaban J connectivity index is 1.85. The van der Waals surface area contributed by atoms with Crippen LogP contribution in [0.15, 0.2) is 39.1 Å². The molecule has 138 valence electrons. The summed E-state index contributed by atoms with van der Waals surface area (Å²) in [6, 6.07) is 6.06. The van der Waals surface area contributed by atoms with Crippen LogP contribution in [0.5, 0.6) is 0 Å². The predicted molar refractivity (Wildman–Crippen MR) is 95.9 cm³/mol. The van der Waals surface area contributed by atoms with Gasteiger partial charge in [-0.05, 0) is 48.8 Å². The lowest BCUT2D eigenvalue weighted by Crippen LogP contribution is -2.04. The average molecular weight is 369 g/mol. The fraction of sp³-hybridized carbons (Fsp3) is 0.200. The van der Waals surface area contributed by atoms with Crippen molar-refractivity contribution in [2.75, 3.05) is 5.73 Å². The Hall–Kier alpha value is -3.96. The number of nitro groups is 1. The van der Waals surface area contributed by atoms with Crippen LogP contribution in [0.4, 0.5) is 11.5 Å². The van der Waals surface area contributed by atoms with Crippen molar-refractivity contribution in [2.45, 2.75) is 20.8 Å². The van der Waals surface area contributed by atoms with Gasteiger partial charge in [-0.2, -0.15) is 14.9 Å². The van der Waals surface area contributed by atoms with Crippen LogP contribution in [0.25, 0.3) is 5.82 Å². The van der Waals surface area contributed by atoms with E-state index in [2.05, 4.69) is 35.5 Å². The van der Waals surface area contributed by atoms with E-state index in [1.807, 2.05) is 0 Å². The number of nitrogens with zero attached hydrogens (tertiary/aromatic N) is 8. The highest BCUT2D eigenvalue weighted by atomic mass is 16.6. The smallest absolute Gasteiger partial charge is 0.269 e. The van der Waals surface area contributed by atoms with Crippen LogP contribution in [-0.2, 0) is 0 Å². The Bertz CT molecular complexity index is 1050. The molecule has 1 aromatic carbocycles. The van der Waals surface area contributed by atoms with Gasteiger partial charge in [0.25, 0.3) is 5.69 Å². The molecule has 2 heterocycles. The third kappa shape index (κ3) is 3.53. The third-order valence-electron chi connectivity index (χ3n) is 3.78. The highest BCUT2D eigenvalue weighted by molar-refractivity contribution is 6.01. The molecular weight excluding hydrogens is 354 g/mol. The largest absolute Gasteiger partial charge is 0.378 e. The second-order valence-corrected chi connectivity index (χ2v) is 5.58. The van der Waals surface area contributed by atoms with E-state index in [0.29, 0.717) is 22.8 Å². The second kappa shape index (κ2) is 7.11. The van der Waals surface area contributed by atoms with Crippen molar-refractivity contribution in [3.8, 4) is 5.82 Å². The molecule has 12 nitrogen and oxygen atoms in total. The van der Waals surface area contributed by atoms with E-state index < -0.39 is 4.92 Å².